The number of benzene rings is 4. The molecule has 0 fully saturated rings. The van der Waals surface area contributed by atoms with Gasteiger partial charge in [0.05, 0.1) is 6.21 Å². The molecule has 0 spiro atoms. The Hall–Kier alpha value is -3.66. The lowest BCUT2D eigenvalue weighted by Crippen LogP contribution is -2.17. The monoisotopic (exact) mass is 339 g/mol. The molecule has 0 radical (unpaired) electrons. The number of nitrogens with one attached hydrogen (secondary N) is 1. The molecule has 0 saturated carbocycles. The van der Waals surface area contributed by atoms with Crippen LogP contribution in [0.25, 0.3) is 21.5 Å². The van der Waals surface area contributed by atoms with Gasteiger partial charge in [-0.25, -0.2) is 5.43 Å². The number of nitrogens with zero attached hydrogens (tertiary/aromatic N) is 1. The first-order chi connectivity index (χ1) is 12.7. The second-order valence-electron chi connectivity index (χ2n) is 6.05. The molecule has 26 heavy (non-hydrogen) atoms. The highest BCUT2D eigenvalue weighted by Gasteiger charge is 2.06. The summed E-state index contributed by atoms with van der Waals surface area (Å²) in [6.45, 7) is 0. The van der Waals surface area contributed by atoms with E-state index < -0.39 is 0 Å². The van der Waals surface area contributed by atoms with Gasteiger partial charge in [0.15, 0.2) is 0 Å². The molecule has 4 nitrogen and oxygen atoms in total. The van der Waals surface area contributed by atoms with Crippen molar-refractivity contribution < 1.29 is 4.79 Å². The largest absolute Gasteiger partial charge is 0.399 e. The molecule has 0 bridgehead atoms. The number of hydrogen-bond acceptors (Lipinski definition) is 3. The van der Waals surface area contributed by atoms with E-state index in [1.165, 1.54) is 0 Å². The summed E-state index contributed by atoms with van der Waals surface area (Å²) in [7, 11) is 0. The lowest BCUT2D eigenvalue weighted by Gasteiger charge is -2.08. The molecule has 0 aromatic heterocycles. The Kier molecular flexibility index (Phi) is 4.07. The van der Waals surface area contributed by atoms with Gasteiger partial charge >= 0.3 is 0 Å². The zero-order chi connectivity index (χ0) is 17.9. The minimum absolute atomic E-state index is 0.272. The van der Waals surface area contributed by atoms with Crippen LogP contribution in [-0.4, -0.2) is 12.1 Å². The maximum atomic E-state index is 12.2. The number of fused-ring (bicyclic) bond motifs is 2. The molecule has 4 rings (SSSR count). The third kappa shape index (κ3) is 3.00. The Labute approximate surface area is 150 Å². The number of carbonyl (C=O) groups excluding carboxylic acids is 1. The average Bonchev–Trinajstić information content (AvgIpc) is 2.68. The SMILES string of the molecule is Nc1ccc(C(=O)N/N=C\c2c3ccccc3cc3ccccc23)cc1. The fourth-order valence-electron chi connectivity index (χ4n) is 3.04. The molecular weight excluding hydrogens is 322 g/mol. The van der Waals surface area contributed by atoms with Crippen molar-refractivity contribution in [3.05, 3.63) is 90.0 Å². The Morgan fingerprint density at radius 2 is 1.42 bits per heavy atom. The van der Waals surface area contributed by atoms with Crippen molar-refractivity contribution in [2.45, 2.75) is 0 Å². The van der Waals surface area contributed by atoms with E-state index in [1.807, 2.05) is 24.3 Å². The molecule has 0 saturated heterocycles. The van der Waals surface area contributed by atoms with E-state index >= 15 is 0 Å². The van der Waals surface area contributed by atoms with Gasteiger partial charge in [-0.3, -0.25) is 4.79 Å². The number of anilines is 1. The molecule has 126 valence electrons. The van der Waals surface area contributed by atoms with Crippen LogP contribution in [0.2, 0.25) is 0 Å². The predicted octanol–water partition coefficient (Wildman–Crippen LogP) is 4.34. The lowest BCUT2D eigenvalue weighted by molar-refractivity contribution is 0.0955. The molecule has 4 aromatic rings. The van der Waals surface area contributed by atoms with Gasteiger partial charge in [0.25, 0.3) is 5.91 Å². The summed E-state index contributed by atoms with van der Waals surface area (Å²) in [5, 5.41) is 8.65. The van der Waals surface area contributed by atoms with Crippen LogP contribution in [0.1, 0.15) is 15.9 Å². The maximum Gasteiger partial charge on any atom is 0.271 e. The minimum atomic E-state index is -0.272. The average molecular weight is 339 g/mol. The number of hydrazone groups is 1. The van der Waals surface area contributed by atoms with Crippen molar-refractivity contribution in [3.8, 4) is 0 Å². The van der Waals surface area contributed by atoms with Crippen molar-refractivity contribution in [2.24, 2.45) is 5.10 Å². The summed E-state index contributed by atoms with van der Waals surface area (Å²) in [6.07, 6.45) is 1.71. The molecule has 0 aliphatic rings. The van der Waals surface area contributed by atoms with Crippen molar-refractivity contribution >= 4 is 39.4 Å². The quantitative estimate of drug-likeness (QED) is 0.252. The van der Waals surface area contributed by atoms with E-state index in [0.29, 0.717) is 11.3 Å². The molecule has 1 amide bonds. The van der Waals surface area contributed by atoms with E-state index in [9.17, 15) is 4.79 Å². The highest BCUT2D eigenvalue weighted by atomic mass is 16.2. The van der Waals surface area contributed by atoms with Crippen molar-refractivity contribution in [2.75, 3.05) is 5.73 Å². The summed E-state index contributed by atoms with van der Waals surface area (Å²) in [5.74, 6) is -0.272. The number of rotatable bonds is 3. The molecule has 0 atom stereocenters. The fraction of sp³-hybridized carbons (Fsp3) is 0. The van der Waals surface area contributed by atoms with Gasteiger partial charge in [0.1, 0.15) is 0 Å². The van der Waals surface area contributed by atoms with Crippen molar-refractivity contribution in [3.63, 3.8) is 0 Å². The zero-order valence-electron chi connectivity index (χ0n) is 14.0. The Bertz CT molecular complexity index is 1080. The Balaban J connectivity index is 1.70. The molecule has 0 heterocycles. The van der Waals surface area contributed by atoms with Crippen LogP contribution in [0.5, 0.6) is 0 Å². The van der Waals surface area contributed by atoms with E-state index in [-0.39, 0.29) is 5.91 Å². The van der Waals surface area contributed by atoms with Crippen LogP contribution in [0, 0.1) is 0 Å². The Morgan fingerprint density at radius 3 is 2.04 bits per heavy atom. The summed E-state index contributed by atoms with van der Waals surface area (Å²) in [5.41, 5.74) is 10.3. The fourth-order valence-corrected chi connectivity index (χ4v) is 3.04. The van der Waals surface area contributed by atoms with Gasteiger partial charge in [0.2, 0.25) is 0 Å². The summed E-state index contributed by atoms with van der Waals surface area (Å²) in [4.78, 5) is 12.2. The topological polar surface area (TPSA) is 67.5 Å². The molecule has 0 unspecified atom stereocenters. The molecule has 3 N–H and O–H groups in total. The van der Waals surface area contributed by atoms with E-state index in [1.54, 1.807) is 30.5 Å². The van der Waals surface area contributed by atoms with Gasteiger partial charge in [0, 0.05) is 16.8 Å². The van der Waals surface area contributed by atoms with Crippen LogP contribution in [-0.2, 0) is 0 Å². The molecule has 0 aliphatic carbocycles. The van der Waals surface area contributed by atoms with Crippen LogP contribution in [0.4, 0.5) is 5.69 Å². The number of nitrogens with two attached hydrogens (primary N) is 1. The summed E-state index contributed by atoms with van der Waals surface area (Å²) in [6, 6.07) is 25.2. The second kappa shape index (κ2) is 6.69. The maximum absolute atomic E-state index is 12.2. The van der Waals surface area contributed by atoms with Crippen molar-refractivity contribution in [1.82, 2.24) is 5.43 Å². The normalized spacial score (nSPS) is 11.2. The second-order valence-corrected chi connectivity index (χ2v) is 6.05. The van der Waals surface area contributed by atoms with Crippen molar-refractivity contribution in [1.29, 1.82) is 0 Å². The number of carbonyl (C=O) groups is 1. The molecule has 4 heteroatoms. The van der Waals surface area contributed by atoms with E-state index in [4.69, 9.17) is 5.73 Å². The van der Waals surface area contributed by atoms with Crippen LogP contribution < -0.4 is 11.2 Å². The third-order valence-corrected chi connectivity index (χ3v) is 4.35. The number of nitrogen functional groups attached to an aromatic ring is 1. The third-order valence-electron chi connectivity index (χ3n) is 4.35. The molecule has 4 aromatic carbocycles. The van der Waals surface area contributed by atoms with E-state index in [2.05, 4.69) is 40.9 Å². The zero-order valence-corrected chi connectivity index (χ0v) is 14.0. The molecule has 0 aliphatic heterocycles. The smallest absolute Gasteiger partial charge is 0.271 e. The van der Waals surface area contributed by atoms with Gasteiger partial charge in [-0.1, -0.05) is 48.5 Å². The van der Waals surface area contributed by atoms with E-state index in [0.717, 1.165) is 27.1 Å². The highest BCUT2D eigenvalue weighted by Crippen LogP contribution is 2.27. The number of hydrogen-bond donors (Lipinski definition) is 2. The van der Waals surface area contributed by atoms with Crippen LogP contribution in [0.15, 0.2) is 84.0 Å². The standard InChI is InChI=1S/C22H17N3O/c23-18-11-9-15(10-12-18)22(26)25-24-14-21-19-7-3-1-5-16(19)13-17-6-2-4-8-20(17)21/h1-14H,23H2,(H,25,26)/b24-14-. The lowest BCUT2D eigenvalue weighted by atomic mass is 9.97. The summed E-state index contributed by atoms with van der Waals surface area (Å²) >= 11 is 0. The first-order valence-corrected chi connectivity index (χ1v) is 8.32. The summed E-state index contributed by atoms with van der Waals surface area (Å²) < 4.78 is 0. The first-order valence-electron chi connectivity index (χ1n) is 8.32. The molecular formula is C22H17N3O. The Morgan fingerprint density at radius 1 is 0.846 bits per heavy atom. The minimum Gasteiger partial charge on any atom is -0.399 e. The van der Waals surface area contributed by atoms with Gasteiger partial charge < -0.3 is 5.73 Å². The first kappa shape index (κ1) is 15.8. The van der Waals surface area contributed by atoms with Gasteiger partial charge in [-0.05, 0) is 51.9 Å². The predicted molar refractivity (Wildman–Crippen MR) is 107 cm³/mol. The van der Waals surface area contributed by atoms with Gasteiger partial charge in [-0.2, -0.15) is 5.10 Å². The number of amides is 1. The van der Waals surface area contributed by atoms with Crippen LogP contribution >= 0.6 is 0 Å². The highest BCUT2D eigenvalue weighted by molar-refractivity contribution is 6.13. The van der Waals surface area contributed by atoms with Gasteiger partial charge in [-0.15, -0.1) is 0 Å². The van der Waals surface area contributed by atoms with Crippen LogP contribution in [0.3, 0.4) is 0 Å².